The molecule has 3 aromatic rings. The van der Waals surface area contributed by atoms with Crippen LogP contribution in [-0.4, -0.2) is 74.6 Å². The summed E-state index contributed by atoms with van der Waals surface area (Å²) in [7, 11) is 0.361. The van der Waals surface area contributed by atoms with Gasteiger partial charge in [0.25, 0.3) is 0 Å². The highest BCUT2D eigenvalue weighted by molar-refractivity contribution is 7.90. The number of imidazole rings is 1. The van der Waals surface area contributed by atoms with Crippen molar-refractivity contribution in [2.75, 3.05) is 39.6 Å². The highest BCUT2D eigenvalue weighted by Crippen LogP contribution is 2.37. The molecule has 2 aliphatic rings. The predicted octanol–water partition coefficient (Wildman–Crippen LogP) is 4.12. The molecular formula is C28H37FN4O3S. The molecule has 37 heavy (non-hydrogen) atoms. The van der Waals surface area contributed by atoms with Crippen molar-refractivity contribution in [2.45, 2.75) is 55.0 Å². The molecule has 3 heterocycles. The van der Waals surface area contributed by atoms with Crippen LogP contribution in [0, 0.1) is 5.82 Å². The van der Waals surface area contributed by atoms with E-state index in [2.05, 4.69) is 21.3 Å². The van der Waals surface area contributed by atoms with Crippen molar-refractivity contribution in [1.82, 2.24) is 19.8 Å². The fourth-order valence-electron chi connectivity index (χ4n) is 6.14. The predicted molar refractivity (Wildman–Crippen MR) is 144 cm³/mol. The van der Waals surface area contributed by atoms with Crippen LogP contribution in [-0.2, 0) is 21.6 Å². The normalized spacial score (nSPS) is 22.1. The largest absolute Gasteiger partial charge is 0.385 e. The van der Waals surface area contributed by atoms with Gasteiger partial charge in [0.15, 0.2) is 15.7 Å². The van der Waals surface area contributed by atoms with Gasteiger partial charge in [-0.2, -0.15) is 0 Å². The van der Waals surface area contributed by atoms with Gasteiger partial charge in [-0.1, -0.05) is 0 Å². The van der Waals surface area contributed by atoms with Crippen LogP contribution in [0.15, 0.2) is 41.3 Å². The van der Waals surface area contributed by atoms with E-state index >= 15 is 4.39 Å². The Morgan fingerprint density at radius 3 is 2.54 bits per heavy atom. The number of rotatable bonds is 7. The Morgan fingerprint density at radius 2 is 1.86 bits per heavy atom. The van der Waals surface area contributed by atoms with Gasteiger partial charge in [-0.05, 0) is 99.6 Å². The zero-order valence-electron chi connectivity index (χ0n) is 21.9. The van der Waals surface area contributed by atoms with Gasteiger partial charge in [0.2, 0.25) is 0 Å². The third-order valence-electron chi connectivity index (χ3n) is 8.17. The monoisotopic (exact) mass is 528 g/mol. The van der Waals surface area contributed by atoms with E-state index in [1.165, 1.54) is 19.1 Å². The number of nitrogens with zero attached hydrogens (tertiary/aromatic N) is 3. The maximum atomic E-state index is 15.4. The number of piperidine rings is 2. The highest BCUT2D eigenvalue weighted by atomic mass is 32.2. The molecule has 200 valence electrons. The lowest BCUT2D eigenvalue weighted by Crippen LogP contribution is -2.51. The molecule has 2 atom stereocenters. The minimum Gasteiger partial charge on any atom is -0.385 e. The van der Waals surface area contributed by atoms with Crippen molar-refractivity contribution >= 4 is 20.9 Å². The van der Waals surface area contributed by atoms with Gasteiger partial charge in [-0.25, -0.2) is 17.8 Å². The third-order valence-corrected chi connectivity index (χ3v) is 9.30. The van der Waals surface area contributed by atoms with E-state index < -0.39 is 9.84 Å². The maximum Gasteiger partial charge on any atom is 0.175 e. The topological polar surface area (TPSA) is 76.5 Å². The smallest absolute Gasteiger partial charge is 0.175 e. The van der Waals surface area contributed by atoms with Gasteiger partial charge >= 0.3 is 0 Å². The summed E-state index contributed by atoms with van der Waals surface area (Å²) in [6, 6.07) is 11.4. The Bertz CT molecular complexity index is 1350. The number of aryl methyl sites for hydroxylation is 1. The summed E-state index contributed by atoms with van der Waals surface area (Å²) in [5, 5.41) is 3.47. The number of hydrogen-bond donors (Lipinski definition) is 1. The molecular weight excluding hydrogens is 491 g/mol. The molecule has 0 bridgehead atoms. The summed E-state index contributed by atoms with van der Waals surface area (Å²) in [4.78, 5) is 7.54. The maximum absolute atomic E-state index is 15.4. The van der Waals surface area contributed by atoms with Crippen molar-refractivity contribution in [3.63, 3.8) is 0 Å². The second-order valence-electron chi connectivity index (χ2n) is 10.5. The van der Waals surface area contributed by atoms with Crippen molar-refractivity contribution in [2.24, 2.45) is 7.05 Å². The molecule has 9 heteroatoms. The second-order valence-corrected chi connectivity index (χ2v) is 12.6. The van der Waals surface area contributed by atoms with Crippen LogP contribution in [0.5, 0.6) is 0 Å². The number of sulfone groups is 1. The van der Waals surface area contributed by atoms with E-state index in [-0.39, 0.29) is 16.6 Å². The number of halogens is 1. The molecule has 1 unspecified atom stereocenters. The number of methoxy groups -OCH3 is 1. The van der Waals surface area contributed by atoms with E-state index in [0.717, 1.165) is 62.1 Å². The first-order valence-corrected chi connectivity index (χ1v) is 15.1. The average Bonchev–Trinajstić information content (AvgIpc) is 3.24. The molecule has 0 spiro atoms. The average molecular weight is 529 g/mol. The third kappa shape index (κ3) is 5.46. The Balaban J connectivity index is 1.43. The standard InChI is InChI=1S/C28H37FN4O3S/c1-32-26-18-21(20-10-14-33(22-8-12-30-13-9-22)23(16-20)11-15-36-2)17-25(29)27(26)31-28(32)19-4-6-24(7-5-19)37(3,34)35/h4-7,17-18,20,22-23,30H,8-16H2,1-3H3/t20?,23-/m0/s1. The molecule has 1 N–H and O–H groups in total. The Kier molecular flexibility index (Phi) is 7.68. The van der Waals surface area contributed by atoms with Crippen molar-refractivity contribution in [1.29, 1.82) is 0 Å². The molecule has 1 aromatic heterocycles. The summed E-state index contributed by atoms with van der Waals surface area (Å²) >= 11 is 0. The van der Waals surface area contributed by atoms with E-state index in [0.29, 0.717) is 23.4 Å². The molecule has 0 amide bonds. The van der Waals surface area contributed by atoms with Gasteiger partial charge in [-0.15, -0.1) is 0 Å². The fourth-order valence-corrected chi connectivity index (χ4v) is 6.77. The van der Waals surface area contributed by atoms with Crippen molar-refractivity contribution in [3.05, 3.63) is 47.8 Å². The quantitative estimate of drug-likeness (QED) is 0.497. The van der Waals surface area contributed by atoms with Gasteiger partial charge in [0.05, 0.1) is 10.4 Å². The lowest BCUT2D eigenvalue weighted by atomic mass is 9.82. The van der Waals surface area contributed by atoms with E-state index in [1.807, 2.05) is 11.6 Å². The molecule has 7 nitrogen and oxygen atoms in total. The summed E-state index contributed by atoms with van der Waals surface area (Å²) < 4.78 is 46.4. The molecule has 2 saturated heterocycles. The van der Waals surface area contributed by atoms with Crippen molar-refractivity contribution < 1.29 is 17.5 Å². The Morgan fingerprint density at radius 1 is 1.14 bits per heavy atom. The second kappa shape index (κ2) is 10.8. The van der Waals surface area contributed by atoms with Crippen LogP contribution >= 0.6 is 0 Å². The van der Waals surface area contributed by atoms with Gasteiger partial charge in [0.1, 0.15) is 11.3 Å². The molecule has 0 radical (unpaired) electrons. The highest BCUT2D eigenvalue weighted by Gasteiger charge is 2.34. The first-order chi connectivity index (χ1) is 17.8. The number of ether oxygens (including phenoxy) is 1. The van der Waals surface area contributed by atoms with Crippen LogP contribution in [0.2, 0.25) is 0 Å². The van der Waals surface area contributed by atoms with Crippen molar-refractivity contribution in [3.8, 4) is 11.4 Å². The van der Waals surface area contributed by atoms with Gasteiger partial charge < -0.3 is 14.6 Å². The summed E-state index contributed by atoms with van der Waals surface area (Å²) in [5.41, 5.74) is 2.88. The van der Waals surface area contributed by atoms with Crippen LogP contribution in [0.4, 0.5) is 4.39 Å². The van der Waals surface area contributed by atoms with Gasteiger partial charge in [0, 0.05) is 44.7 Å². The Labute approximate surface area is 218 Å². The first-order valence-electron chi connectivity index (χ1n) is 13.2. The fraction of sp³-hybridized carbons (Fsp3) is 0.536. The number of fused-ring (bicyclic) bond motifs is 1. The van der Waals surface area contributed by atoms with Crippen LogP contribution < -0.4 is 5.32 Å². The number of likely N-dealkylation sites (tertiary alicyclic amines) is 1. The molecule has 2 aliphatic heterocycles. The minimum atomic E-state index is -3.28. The van der Waals surface area contributed by atoms with E-state index in [9.17, 15) is 8.42 Å². The van der Waals surface area contributed by atoms with Crippen LogP contribution in [0.3, 0.4) is 0 Å². The Hall–Kier alpha value is -2.33. The number of benzene rings is 2. The summed E-state index contributed by atoms with van der Waals surface area (Å²) in [6.45, 7) is 3.90. The molecule has 5 rings (SSSR count). The zero-order chi connectivity index (χ0) is 26.2. The SMILES string of the molecule is COCC[C@H]1CC(c2cc(F)c3nc(-c4ccc(S(C)(=O)=O)cc4)n(C)c3c2)CCN1C1CCNCC1. The summed E-state index contributed by atoms with van der Waals surface area (Å²) in [5.74, 6) is 0.590. The molecule has 0 aliphatic carbocycles. The van der Waals surface area contributed by atoms with Crippen LogP contribution in [0.25, 0.3) is 22.4 Å². The number of aromatic nitrogens is 2. The number of nitrogens with one attached hydrogen (secondary N) is 1. The lowest BCUT2D eigenvalue weighted by molar-refractivity contribution is 0.0467. The van der Waals surface area contributed by atoms with Crippen LogP contribution in [0.1, 0.15) is 43.6 Å². The van der Waals surface area contributed by atoms with E-state index in [4.69, 9.17) is 4.74 Å². The van der Waals surface area contributed by atoms with Gasteiger partial charge in [-0.3, -0.25) is 4.90 Å². The molecule has 2 fully saturated rings. The molecule has 2 aromatic carbocycles. The first kappa shape index (κ1) is 26.3. The molecule has 0 saturated carbocycles. The number of hydrogen-bond acceptors (Lipinski definition) is 6. The lowest BCUT2D eigenvalue weighted by Gasteiger charge is -2.45. The zero-order valence-corrected chi connectivity index (χ0v) is 22.7. The summed E-state index contributed by atoms with van der Waals surface area (Å²) in [6.07, 6.45) is 6.53. The van der Waals surface area contributed by atoms with E-state index in [1.54, 1.807) is 37.4 Å². The minimum absolute atomic E-state index is 0.252.